The Kier molecular flexibility index (Phi) is 7.01. The highest BCUT2D eigenvalue weighted by atomic mass is 35.5. The number of ether oxygens (including phenoxy) is 2. The van der Waals surface area contributed by atoms with Crippen LogP contribution >= 0.6 is 11.6 Å². The molecule has 1 heterocycles. The van der Waals surface area contributed by atoms with Crippen LogP contribution in [0.1, 0.15) is 24.4 Å². The topological polar surface area (TPSA) is 72.1 Å². The van der Waals surface area contributed by atoms with Gasteiger partial charge in [-0.05, 0) is 61.8 Å². The highest BCUT2D eigenvalue weighted by molar-refractivity contribution is 6.32. The minimum Gasteiger partial charge on any atom is -0.497 e. The van der Waals surface area contributed by atoms with E-state index in [-0.39, 0.29) is 6.04 Å². The van der Waals surface area contributed by atoms with Crippen LogP contribution in [0.5, 0.6) is 11.5 Å². The first-order valence-corrected chi connectivity index (χ1v) is 9.77. The van der Waals surface area contributed by atoms with E-state index >= 15 is 0 Å². The third-order valence-corrected chi connectivity index (χ3v) is 5.24. The molecule has 7 heteroatoms. The van der Waals surface area contributed by atoms with E-state index in [2.05, 4.69) is 27.3 Å². The Balaban J connectivity index is 1.71. The van der Waals surface area contributed by atoms with E-state index in [1.165, 1.54) is 18.4 Å². The van der Waals surface area contributed by atoms with Crippen LogP contribution < -0.4 is 20.5 Å². The van der Waals surface area contributed by atoms with Gasteiger partial charge in [-0.15, -0.1) is 0 Å². The molecule has 2 aromatic rings. The van der Waals surface area contributed by atoms with E-state index in [9.17, 15) is 0 Å². The lowest BCUT2D eigenvalue weighted by molar-refractivity contribution is 0.251. The summed E-state index contributed by atoms with van der Waals surface area (Å²) in [7, 11) is 3.26. The van der Waals surface area contributed by atoms with Gasteiger partial charge in [0.1, 0.15) is 11.5 Å². The number of nitrogens with one attached hydrogen (secondary N) is 1. The second kappa shape index (κ2) is 9.66. The predicted octanol–water partition coefficient (Wildman–Crippen LogP) is 3.92. The third kappa shape index (κ3) is 5.09. The van der Waals surface area contributed by atoms with Crippen LogP contribution in [-0.4, -0.2) is 44.7 Å². The summed E-state index contributed by atoms with van der Waals surface area (Å²) in [5.74, 6) is 1.83. The molecule has 1 fully saturated rings. The van der Waals surface area contributed by atoms with E-state index < -0.39 is 0 Å². The normalized spacial score (nSPS) is 16.0. The van der Waals surface area contributed by atoms with Gasteiger partial charge in [-0.1, -0.05) is 23.7 Å². The van der Waals surface area contributed by atoms with Gasteiger partial charge in [-0.25, -0.2) is 0 Å². The molecule has 2 aromatic carbocycles. The van der Waals surface area contributed by atoms with Gasteiger partial charge in [-0.2, -0.15) is 0 Å². The number of halogens is 1. The number of likely N-dealkylation sites (tertiary alicyclic amines) is 1. The fourth-order valence-corrected chi connectivity index (χ4v) is 3.69. The lowest BCUT2D eigenvalue weighted by Gasteiger charge is -2.27. The molecule has 0 saturated carbocycles. The molecule has 3 rings (SSSR count). The largest absolute Gasteiger partial charge is 0.497 e. The minimum atomic E-state index is 0.188. The highest BCUT2D eigenvalue weighted by Crippen LogP contribution is 2.28. The first-order chi connectivity index (χ1) is 13.6. The van der Waals surface area contributed by atoms with Crippen molar-refractivity contribution in [3.05, 3.63) is 53.1 Å². The summed E-state index contributed by atoms with van der Waals surface area (Å²) >= 11 is 6.17. The van der Waals surface area contributed by atoms with Crippen molar-refractivity contribution >= 4 is 23.2 Å². The molecule has 3 N–H and O–H groups in total. The molecule has 1 unspecified atom stereocenters. The number of hydrogen-bond acceptors (Lipinski definition) is 4. The van der Waals surface area contributed by atoms with Crippen LogP contribution in [-0.2, 0) is 0 Å². The van der Waals surface area contributed by atoms with Crippen molar-refractivity contribution in [1.82, 2.24) is 4.90 Å². The van der Waals surface area contributed by atoms with E-state index in [0.717, 1.165) is 24.5 Å². The van der Waals surface area contributed by atoms with Crippen LogP contribution in [0.15, 0.2) is 47.5 Å². The number of anilines is 1. The number of guanidine groups is 1. The van der Waals surface area contributed by atoms with Crippen LogP contribution in [0.3, 0.4) is 0 Å². The lowest BCUT2D eigenvalue weighted by atomic mass is 10.1. The number of rotatable bonds is 7. The average molecular weight is 403 g/mol. The zero-order valence-corrected chi connectivity index (χ0v) is 17.1. The fraction of sp³-hybridized carbons (Fsp3) is 0.381. The second-order valence-electron chi connectivity index (χ2n) is 6.73. The SMILES string of the molecule is COc1ccc(C(CN=C(N)Nc2ccc(OC)c(Cl)c2)N2CCCC2)cc1. The third-order valence-electron chi connectivity index (χ3n) is 4.94. The summed E-state index contributed by atoms with van der Waals surface area (Å²) in [5.41, 5.74) is 8.11. The van der Waals surface area contributed by atoms with E-state index in [4.69, 9.17) is 26.8 Å². The summed E-state index contributed by atoms with van der Waals surface area (Å²) in [6, 6.07) is 13.8. The molecule has 6 nitrogen and oxygen atoms in total. The Hall–Kier alpha value is -2.44. The first-order valence-electron chi connectivity index (χ1n) is 9.39. The number of methoxy groups -OCH3 is 2. The molecule has 1 aliphatic rings. The monoisotopic (exact) mass is 402 g/mol. The Bertz CT molecular complexity index is 805. The van der Waals surface area contributed by atoms with Gasteiger partial charge >= 0.3 is 0 Å². The lowest BCUT2D eigenvalue weighted by Crippen LogP contribution is -2.30. The molecule has 28 heavy (non-hydrogen) atoms. The summed E-state index contributed by atoms with van der Waals surface area (Å²) < 4.78 is 10.4. The zero-order chi connectivity index (χ0) is 19.9. The molecule has 150 valence electrons. The Morgan fingerprint density at radius 1 is 1.14 bits per heavy atom. The van der Waals surface area contributed by atoms with Crippen molar-refractivity contribution in [1.29, 1.82) is 0 Å². The summed E-state index contributed by atoms with van der Waals surface area (Å²) in [5, 5.41) is 3.62. The molecule has 0 aromatic heterocycles. The van der Waals surface area contributed by atoms with E-state index in [1.54, 1.807) is 26.4 Å². The number of hydrogen-bond donors (Lipinski definition) is 2. The van der Waals surface area contributed by atoms with Crippen molar-refractivity contribution in [2.75, 3.05) is 39.2 Å². The van der Waals surface area contributed by atoms with Crippen LogP contribution in [0.25, 0.3) is 0 Å². The van der Waals surface area contributed by atoms with Gasteiger partial charge in [0.15, 0.2) is 5.96 Å². The van der Waals surface area contributed by atoms with Gasteiger partial charge in [-0.3, -0.25) is 9.89 Å². The van der Waals surface area contributed by atoms with Crippen molar-refractivity contribution in [3.63, 3.8) is 0 Å². The minimum absolute atomic E-state index is 0.188. The van der Waals surface area contributed by atoms with Gasteiger partial charge in [0.25, 0.3) is 0 Å². The first kappa shape index (κ1) is 20.3. The van der Waals surface area contributed by atoms with Crippen LogP contribution in [0.2, 0.25) is 5.02 Å². The Morgan fingerprint density at radius 3 is 2.46 bits per heavy atom. The molecule has 0 bridgehead atoms. The van der Waals surface area contributed by atoms with Crippen LogP contribution in [0, 0.1) is 0 Å². The van der Waals surface area contributed by atoms with Gasteiger partial charge in [0, 0.05) is 5.69 Å². The molecule has 1 saturated heterocycles. The number of nitrogens with two attached hydrogens (primary N) is 1. The molecular weight excluding hydrogens is 376 g/mol. The molecular formula is C21H27ClN4O2. The fourth-order valence-electron chi connectivity index (χ4n) is 3.43. The summed E-state index contributed by atoms with van der Waals surface area (Å²) in [6.07, 6.45) is 2.43. The quantitative estimate of drug-likeness (QED) is 0.542. The number of nitrogens with zero attached hydrogens (tertiary/aromatic N) is 2. The predicted molar refractivity (Wildman–Crippen MR) is 115 cm³/mol. The molecule has 0 amide bonds. The molecule has 0 radical (unpaired) electrons. The van der Waals surface area contributed by atoms with Crippen molar-refractivity contribution in [2.24, 2.45) is 10.7 Å². The average Bonchev–Trinajstić information content (AvgIpc) is 3.23. The van der Waals surface area contributed by atoms with Gasteiger partial charge in [0.05, 0.1) is 31.8 Å². The number of benzene rings is 2. The standard InChI is InChI=1S/C21H27ClN4O2/c1-27-17-8-5-15(6-9-17)19(26-11-3-4-12-26)14-24-21(23)25-16-7-10-20(28-2)18(22)13-16/h5-10,13,19H,3-4,11-12,14H2,1-2H3,(H3,23,24,25). The van der Waals surface area contributed by atoms with Crippen LogP contribution in [0.4, 0.5) is 5.69 Å². The smallest absolute Gasteiger partial charge is 0.193 e. The summed E-state index contributed by atoms with van der Waals surface area (Å²) in [6.45, 7) is 2.73. The molecule has 1 aliphatic heterocycles. The van der Waals surface area contributed by atoms with Gasteiger partial charge in [0.2, 0.25) is 0 Å². The van der Waals surface area contributed by atoms with Crippen molar-refractivity contribution in [3.8, 4) is 11.5 Å². The van der Waals surface area contributed by atoms with E-state index in [0.29, 0.717) is 23.3 Å². The van der Waals surface area contributed by atoms with Crippen molar-refractivity contribution < 1.29 is 9.47 Å². The Morgan fingerprint density at radius 2 is 1.86 bits per heavy atom. The molecule has 0 aliphatic carbocycles. The van der Waals surface area contributed by atoms with Gasteiger partial charge < -0.3 is 20.5 Å². The maximum absolute atomic E-state index is 6.17. The molecule has 0 spiro atoms. The zero-order valence-electron chi connectivity index (χ0n) is 16.3. The van der Waals surface area contributed by atoms with Crippen molar-refractivity contribution in [2.45, 2.75) is 18.9 Å². The highest BCUT2D eigenvalue weighted by Gasteiger charge is 2.23. The molecule has 1 atom stereocenters. The number of aliphatic imine (C=N–C) groups is 1. The van der Waals surface area contributed by atoms with E-state index in [1.807, 2.05) is 18.2 Å². The maximum Gasteiger partial charge on any atom is 0.193 e. The second-order valence-corrected chi connectivity index (χ2v) is 7.14. The maximum atomic E-state index is 6.17. The summed E-state index contributed by atoms with van der Waals surface area (Å²) in [4.78, 5) is 7.05. The Labute approximate surface area is 171 Å².